The number of nitrogens with zero attached hydrogens (tertiary/aromatic N) is 4. The molecule has 0 unspecified atom stereocenters. The molecule has 1 aliphatic heterocycles. The van der Waals surface area contributed by atoms with Gasteiger partial charge in [-0.25, -0.2) is 4.39 Å². The van der Waals surface area contributed by atoms with E-state index < -0.39 is 6.17 Å². The lowest BCUT2D eigenvalue weighted by atomic mass is 9.89. The van der Waals surface area contributed by atoms with Gasteiger partial charge in [0, 0.05) is 42.2 Å². The van der Waals surface area contributed by atoms with Crippen molar-refractivity contribution in [2.45, 2.75) is 32.4 Å². The zero-order valence-electron chi connectivity index (χ0n) is 16.1. The van der Waals surface area contributed by atoms with E-state index in [2.05, 4.69) is 21.2 Å². The normalized spacial score (nSPS) is 20.5. The highest BCUT2D eigenvalue weighted by Gasteiger charge is 2.29. The lowest BCUT2D eigenvalue weighted by molar-refractivity contribution is -0.120. The minimum atomic E-state index is -0.926. The van der Waals surface area contributed by atoms with Crippen molar-refractivity contribution in [3.05, 3.63) is 41.2 Å². The number of benzene rings is 1. The predicted octanol–water partition coefficient (Wildman–Crippen LogP) is 3.85. The third-order valence-electron chi connectivity index (χ3n) is 5.30. The van der Waals surface area contributed by atoms with Crippen LogP contribution in [0.5, 0.6) is 0 Å². The number of aromatic nitrogens is 3. The molecular formula is C21H23FN4OS. The van der Waals surface area contributed by atoms with E-state index >= 15 is 0 Å². The highest BCUT2D eigenvalue weighted by atomic mass is 32.1. The van der Waals surface area contributed by atoms with Crippen LogP contribution in [0.1, 0.15) is 23.5 Å². The van der Waals surface area contributed by atoms with Crippen molar-refractivity contribution in [1.82, 2.24) is 20.1 Å². The van der Waals surface area contributed by atoms with Crippen LogP contribution in [0.15, 0.2) is 30.5 Å². The summed E-state index contributed by atoms with van der Waals surface area (Å²) in [5.41, 5.74) is 1.74. The Balaban J connectivity index is 1.48. The van der Waals surface area contributed by atoms with E-state index in [1.165, 1.54) is 0 Å². The molecule has 1 aromatic carbocycles. The number of alkyl halides is 1. The zero-order chi connectivity index (χ0) is 19.7. The highest BCUT2D eigenvalue weighted by Crippen LogP contribution is 2.27. The fraction of sp³-hybridized carbons (Fsp3) is 0.429. The van der Waals surface area contributed by atoms with Crippen molar-refractivity contribution < 1.29 is 9.18 Å². The molecule has 4 rings (SSSR count). The summed E-state index contributed by atoms with van der Waals surface area (Å²) >= 11 is 1.55. The standard InChI is InChI=1S/C21H23FN4OS/c1-13-24-25-21(28-13)15-3-4-16-11-23-18(8-17(16)7-15)10-19(27)9-14-5-6-26(2)12-20(14)22/h3-4,7-8,11,14,20H,5-6,9-10,12H2,1-2H3/t14-,20+/m1/s1. The minimum Gasteiger partial charge on any atom is -0.303 e. The number of hydrogen-bond acceptors (Lipinski definition) is 6. The Kier molecular flexibility index (Phi) is 5.46. The van der Waals surface area contributed by atoms with Crippen LogP contribution in [0, 0.1) is 12.8 Å². The molecule has 1 fully saturated rings. The van der Waals surface area contributed by atoms with Crippen molar-refractivity contribution in [2.24, 2.45) is 5.92 Å². The van der Waals surface area contributed by atoms with Crippen LogP contribution in [0.3, 0.4) is 0 Å². The molecule has 2 aromatic heterocycles. The summed E-state index contributed by atoms with van der Waals surface area (Å²) in [5, 5.41) is 12.1. The van der Waals surface area contributed by atoms with Crippen LogP contribution in [-0.2, 0) is 11.2 Å². The lowest BCUT2D eigenvalue weighted by Gasteiger charge is -2.31. The molecule has 0 bridgehead atoms. The summed E-state index contributed by atoms with van der Waals surface area (Å²) in [4.78, 5) is 18.9. The summed E-state index contributed by atoms with van der Waals surface area (Å²) < 4.78 is 14.2. The van der Waals surface area contributed by atoms with Gasteiger partial charge in [-0.2, -0.15) is 0 Å². The number of carbonyl (C=O) groups excluding carboxylic acids is 1. The van der Waals surface area contributed by atoms with Crippen molar-refractivity contribution >= 4 is 27.9 Å². The van der Waals surface area contributed by atoms with Gasteiger partial charge in [0.15, 0.2) is 0 Å². The Morgan fingerprint density at radius 2 is 2.14 bits per heavy atom. The van der Waals surface area contributed by atoms with Crippen LogP contribution in [-0.4, -0.2) is 52.2 Å². The summed E-state index contributed by atoms with van der Waals surface area (Å²) in [5.74, 6) is -0.114. The van der Waals surface area contributed by atoms with Gasteiger partial charge in [0.25, 0.3) is 0 Å². The van der Waals surface area contributed by atoms with Gasteiger partial charge in [-0.15, -0.1) is 10.2 Å². The smallest absolute Gasteiger partial charge is 0.147 e. The first-order valence-electron chi connectivity index (χ1n) is 9.51. The second-order valence-electron chi connectivity index (χ2n) is 7.61. The molecule has 3 aromatic rings. The molecule has 0 spiro atoms. The number of hydrogen-bond donors (Lipinski definition) is 0. The maximum atomic E-state index is 14.2. The maximum Gasteiger partial charge on any atom is 0.147 e. The number of Topliss-reactive ketones (excluding diaryl/α,β-unsaturated/α-hetero) is 1. The first kappa shape index (κ1) is 19.1. The quantitative estimate of drug-likeness (QED) is 0.653. The Bertz CT molecular complexity index is 1000. The average Bonchev–Trinajstić information content (AvgIpc) is 3.10. The number of rotatable bonds is 5. The van der Waals surface area contributed by atoms with Crippen molar-refractivity contribution in [2.75, 3.05) is 20.1 Å². The molecule has 146 valence electrons. The molecule has 7 heteroatoms. The molecule has 0 radical (unpaired) electrons. The van der Waals surface area contributed by atoms with E-state index in [4.69, 9.17) is 0 Å². The van der Waals surface area contributed by atoms with Crippen molar-refractivity contribution in [3.63, 3.8) is 0 Å². The number of piperidine rings is 1. The Hall–Kier alpha value is -2.25. The van der Waals surface area contributed by atoms with Crippen LogP contribution >= 0.6 is 11.3 Å². The van der Waals surface area contributed by atoms with Crippen LogP contribution in [0.25, 0.3) is 21.3 Å². The van der Waals surface area contributed by atoms with Gasteiger partial charge >= 0.3 is 0 Å². The van der Waals surface area contributed by atoms with Gasteiger partial charge in [-0.3, -0.25) is 9.78 Å². The summed E-state index contributed by atoms with van der Waals surface area (Å²) in [6, 6.07) is 8.02. The molecule has 0 aliphatic carbocycles. The molecule has 3 heterocycles. The summed E-state index contributed by atoms with van der Waals surface area (Å²) in [6.07, 6.45) is 2.14. The van der Waals surface area contributed by atoms with Crippen molar-refractivity contribution in [3.8, 4) is 10.6 Å². The monoisotopic (exact) mass is 398 g/mol. The molecule has 5 nitrogen and oxygen atoms in total. The number of likely N-dealkylation sites (tertiary alicyclic amines) is 1. The van der Waals surface area contributed by atoms with Gasteiger partial charge in [0.2, 0.25) is 0 Å². The second-order valence-corrected chi connectivity index (χ2v) is 8.79. The predicted molar refractivity (Wildman–Crippen MR) is 109 cm³/mol. The average molecular weight is 399 g/mol. The topological polar surface area (TPSA) is 59.0 Å². The molecule has 1 aliphatic rings. The number of fused-ring (bicyclic) bond motifs is 1. The first-order chi connectivity index (χ1) is 13.5. The summed E-state index contributed by atoms with van der Waals surface area (Å²) in [7, 11) is 1.92. The van der Waals surface area contributed by atoms with Gasteiger partial charge in [0.1, 0.15) is 22.0 Å². The zero-order valence-corrected chi connectivity index (χ0v) is 16.9. The van der Waals surface area contributed by atoms with Gasteiger partial charge in [-0.1, -0.05) is 23.5 Å². The van der Waals surface area contributed by atoms with Crippen molar-refractivity contribution in [1.29, 1.82) is 0 Å². The van der Waals surface area contributed by atoms with Crippen LogP contribution < -0.4 is 0 Å². The van der Waals surface area contributed by atoms with Gasteiger partial charge in [0.05, 0.1) is 0 Å². The van der Waals surface area contributed by atoms with E-state index in [0.29, 0.717) is 13.0 Å². The third-order valence-corrected chi connectivity index (χ3v) is 6.19. The second kappa shape index (κ2) is 8.01. The van der Waals surface area contributed by atoms with E-state index in [1.807, 2.05) is 37.1 Å². The number of pyridine rings is 1. The maximum absolute atomic E-state index is 14.2. The Labute approximate surface area is 167 Å². The first-order valence-corrected chi connectivity index (χ1v) is 10.3. The van der Waals surface area contributed by atoms with Crippen LogP contribution in [0.4, 0.5) is 4.39 Å². The number of ketones is 1. The van der Waals surface area contributed by atoms with E-state index in [0.717, 1.165) is 45.0 Å². The van der Waals surface area contributed by atoms with Gasteiger partial charge in [-0.05, 0) is 50.4 Å². The number of aryl methyl sites for hydroxylation is 1. The molecule has 1 saturated heterocycles. The van der Waals surface area contributed by atoms with E-state index in [-0.39, 0.29) is 18.1 Å². The number of halogens is 1. The molecule has 28 heavy (non-hydrogen) atoms. The fourth-order valence-electron chi connectivity index (χ4n) is 3.73. The Morgan fingerprint density at radius 1 is 1.29 bits per heavy atom. The SMILES string of the molecule is Cc1nnc(-c2ccc3cnc(CC(=O)C[C@H]4CCN(C)C[C@@H]4F)cc3c2)s1. The lowest BCUT2D eigenvalue weighted by Crippen LogP contribution is -2.40. The van der Waals surface area contributed by atoms with Crippen LogP contribution in [0.2, 0.25) is 0 Å². The largest absolute Gasteiger partial charge is 0.303 e. The molecule has 2 atom stereocenters. The van der Waals surface area contributed by atoms with E-state index in [1.54, 1.807) is 17.5 Å². The fourth-order valence-corrected chi connectivity index (χ4v) is 4.42. The highest BCUT2D eigenvalue weighted by molar-refractivity contribution is 7.14. The van der Waals surface area contributed by atoms with Gasteiger partial charge < -0.3 is 4.90 Å². The summed E-state index contributed by atoms with van der Waals surface area (Å²) in [6.45, 7) is 3.20. The van der Waals surface area contributed by atoms with E-state index in [9.17, 15) is 9.18 Å². The number of carbonyl (C=O) groups is 1. The molecule has 0 saturated carbocycles. The minimum absolute atomic E-state index is 0.0555. The molecule has 0 N–H and O–H groups in total. The molecule has 0 amide bonds. The Morgan fingerprint density at radius 3 is 2.89 bits per heavy atom. The molecular weight excluding hydrogens is 375 g/mol. The third kappa shape index (κ3) is 4.25.